The second-order valence-electron chi connectivity index (χ2n) is 7.02. The standard InChI is InChI=1S/C20H28N2O4/c23-10-3-4-11-25-19-13-16(15-6-1-2-7-15)12-18(26-19)20(24)22-17-8-5-9-21-14-17/h5,8-9,12,14-16,19,23H,1-4,6-7,10-11,13H2,(H,22,24)/t16-,19+/m0/s1. The molecule has 0 saturated heterocycles. The number of aliphatic hydroxyl groups excluding tert-OH is 1. The summed E-state index contributed by atoms with van der Waals surface area (Å²) in [6, 6.07) is 3.58. The number of anilines is 1. The molecule has 0 unspecified atom stereocenters. The first kappa shape index (κ1) is 18.9. The van der Waals surface area contributed by atoms with Crippen molar-refractivity contribution in [1.29, 1.82) is 0 Å². The Hall–Kier alpha value is -1.92. The van der Waals surface area contributed by atoms with E-state index in [0.717, 1.165) is 12.8 Å². The average Bonchev–Trinajstić information content (AvgIpc) is 3.21. The maximum Gasteiger partial charge on any atom is 0.290 e. The van der Waals surface area contributed by atoms with Gasteiger partial charge in [-0.15, -0.1) is 0 Å². The van der Waals surface area contributed by atoms with Crippen LogP contribution in [0.2, 0.25) is 0 Å². The molecule has 2 aliphatic rings. The van der Waals surface area contributed by atoms with Gasteiger partial charge in [0.25, 0.3) is 5.91 Å². The van der Waals surface area contributed by atoms with Gasteiger partial charge in [0.05, 0.1) is 18.5 Å². The van der Waals surface area contributed by atoms with Crippen LogP contribution in [0, 0.1) is 11.8 Å². The van der Waals surface area contributed by atoms with Crippen molar-refractivity contribution >= 4 is 11.6 Å². The van der Waals surface area contributed by atoms with Crippen molar-refractivity contribution in [2.45, 2.75) is 51.2 Å². The molecule has 2 N–H and O–H groups in total. The zero-order chi connectivity index (χ0) is 18.2. The first-order valence-electron chi connectivity index (χ1n) is 9.58. The monoisotopic (exact) mass is 360 g/mol. The van der Waals surface area contributed by atoms with E-state index in [1.165, 1.54) is 25.7 Å². The molecule has 6 nitrogen and oxygen atoms in total. The van der Waals surface area contributed by atoms with Crippen molar-refractivity contribution in [2.24, 2.45) is 11.8 Å². The Kier molecular flexibility index (Phi) is 7.03. The van der Waals surface area contributed by atoms with Crippen LogP contribution in [-0.2, 0) is 14.3 Å². The molecule has 0 aromatic carbocycles. The fourth-order valence-corrected chi connectivity index (χ4v) is 3.72. The molecule has 1 aromatic heterocycles. The minimum Gasteiger partial charge on any atom is -0.459 e. The van der Waals surface area contributed by atoms with Crippen LogP contribution in [0.25, 0.3) is 0 Å². The maximum atomic E-state index is 12.6. The Balaban J connectivity index is 1.65. The van der Waals surface area contributed by atoms with Crippen LogP contribution in [0.5, 0.6) is 0 Å². The highest BCUT2D eigenvalue weighted by atomic mass is 16.7. The zero-order valence-electron chi connectivity index (χ0n) is 15.1. The summed E-state index contributed by atoms with van der Waals surface area (Å²) in [6.07, 6.45) is 12.1. The largest absolute Gasteiger partial charge is 0.459 e. The van der Waals surface area contributed by atoms with Crippen molar-refractivity contribution in [3.05, 3.63) is 36.4 Å². The number of aliphatic hydroxyl groups is 1. The summed E-state index contributed by atoms with van der Waals surface area (Å²) in [6.45, 7) is 0.693. The molecule has 1 aliphatic heterocycles. The lowest BCUT2D eigenvalue weighted by molar-refractivity contribution is -0.148. The van der Waals surface area contributed by atoms with Gasteiger partial charge in [0.15, 0.2) is 5.76 Å². The van der Waals surface area contributed by atoms with Gasteiger partial charge in [0.1, 0.15) is 0 Å². The van der Waals surface area contributed by atoms with Crippen LogP contribution in [0.3, 0.4) is 0 Å². The van der Waals surface area contributed by atoms with Crippen molar-refractivity contribution in [1.82, 2.24) is 4.98 Å². The number of ether oxygens (including phenoxy) is 2. The van der Waals surface area contributed by atoms with Crippen LogP contribution >= 0.6 is 0 Å². The Morgan fingerprint density at radius 3 is 2.92 bits per heavy atom. The first-order chi connectivity index (χ1) is 12.8. The molecule has 1 fully saturated rings. The topological polar surface area (TPSA) is 80.7 Å². The minimum absolute atomic E-state index is 0.165. The van der Waals surface area contributed by atoms with Crippen molar-refractivity contribution < 1.29 is 19.4 Å². The smallest absolute Gasteiger partial charge is 0.290 e. The van der Waals surface area contributed by atoms with E-state index < -0.39 is 6.29 Å². The fourth-order valence-electron chi connectivity index (χ4n) is 3.72. The fraction of sp³-hybridized carbons (Fsp3) is 0.600. The van der Waals surface area contributed by atoms with Gasteiger partial charge in [-0.1, -0.05) is 12.8 Å². The van der Waals surface area contributed by atoms with Gasteiger partial charge in [-0.2, -0.15) is 0 Å². The van der Waals surface area contributed by atoms with Gasteiger partial charge in [0.2, 0.25) is 6.29 Å². The predicted octanol–water partition coefficient (Wildman–Crippen LogP) is 3.25. The molecule has 26 heavy (non-hydrogen) atoms. The van der Waals surface area contributed by atoms with Gasteiger partial charge in [-0.3, -0.25) is 9.78 Å². The van der Waals surface area contributed by atoms with Crippen LogP contribution in [-0.4, -0.2) is 35.5 Å². The Bertz CT molecular complexity index is 599. The van der Waals surface area contributed by atoms with Crippen LogP contribution in [0.1, 0.15) is 44.9 Å². The lowest BCUT2D eigenvalue weighted by Crippen LogP contribution is -2.32. The molecule has 1 saturated carbocycles. The number of allylic oxidation sites excluding steroid dienone is 1. The molecule has 0 spiro atoms. The molecule has 142 valence electrons. The summed E-state index contributed by atoms with van der Waals surface area (Å²) < 4.78 is 11.7. The van der Waals surface area contributed by atoms with E-state index in [4.69, 9.17) is 14.6 Å². The van der Waals surface area contributed by atoms with Gasteiger partial charge in [-0.05, 0) is 55.7 Å². The number of carbonyl (C=O) groups excluding carboxylic acids is 1. The molecule has 3 rings (SSSR count). The zero-order valence-corrected chi connectivity index (χ0v) is 15.1. The molecule has 1 aliphatic carbocycles. The van der Waals surface area contributed by atoms with E-state index in [0.29, 0.717) is 36.3 Å². The van der Waals surface area contributed by atoms with E-state index >= 15 is 0 Å². The van der Waals surface area contributed by atoms with Crippen molar-refractivity contribution in [2.75, 3.05) is 18.5 Å². The number of nitrogens with zero attached hydrogens (tertiary/aromatic N) is 1. The maximum absolute atomic E-state index is 12.6. The van der Waals surface area contributed by atoms with Crippen LogP contribution in [0.4, 0.5) is 5.69 Å². The lowest BCUT2D eigenvalue weighted by atomic mass is 9.86. The highest BCUT2D eigenvalue weighted by Gasteiger charge is 2.33. The normalized spacial score (nSPS) is 23.3. The van der Waals surface area contributed by atoms with Crippen molar-refractivity contribution in [3.8, 4) is 0 Å². The highest BCUT2D eigenvalue weighted by Crippen LogP contribution is 2.38. The van der Waals surface area contributed by atoms with E-state index in [1.807, 2.05) is 6.08 Å². The first-order valence-corrected chi connectivity index (χ1v) is 9.58. The lowest BCUT2D eigenvalue weighted by Gasteiger charge is -2.32. The summed E-state index contributed by atoms with van der Waals surface area (Å²) in [5.74, 6) is 0.987. The average molecular weight is 360 g/mol. The number of unbranched alkanes of at least 4 members (excludes halogenated alkanes) is 1. The van der Waals surface area contributed by atoms with E-state index in [-0.39, 0.29) is 12.5 Å². The number of carbonyl (C=O) groups is 1. The molecular formula is C20H28N2O4. The molecule has 6 heteroatoms. The van der Waals surface area contributed by atoms with Crippen molar-refractivity contribution in [3.63, 3.8) is 0 Å². The second-order valence-corrected chi connectivity index (χ2v) is 7.02. The third kappa shape index (κ3) is 5.29. The number of hydrogen-bond donors (Lipinski definition) is 2. The number of hydrogen-bond acceptors (Lipinski definition) is 5. The van der Waals surface area contributed by atoms with Gasteiger partial charge in [0, 0.05) is 19.2 Å². The predicted molar refractivity (Wildman–Crippen MR) is 98.2 cm³/mol. The molecule has 2 atom stereocenters. The molecule has 1 amide bonds. The second kappa shape index (κ2) is 9.69. The number of amides is 1. The number of rotatable bonds is 8. The Morgan fingerprint density at radius 2 is 2.19 bits per heavy atom. The number of nitrogens with one attached hydrogen (secondary N) is 1. The summed E-state index contributed by atoms with van der Waals surface area (Å²) in [5, 5.41) is 11.7. The molecule has 0 radical (unpaired) electrons. The number of aromatic nitrogens is 1. The Morgan fingerprint density at radius 1 is 1.35 bits per heavy atom. The third-order valence-electron chi connectivity index (χ3n) is 5.09. The summed E-state index contributed by atoms with van der Waals surface area (Å²) in [4.78, 5) is 16.6. The Labute approximate surface area is 154 Å². The third-order valence-corrected chi connectivity index (χ3v) is 5.09. The van der Waals surface area contributed by atoms with E-state index in [1.54, 1.807) is 24.5 Å². The molecule has 2 heterocycles. The quantitative estimate of drug-likeness (QED) is 0.696. The SMILES string of the molecule is O=C(Nc1cccnc1)C1=C[C@H](C2CCCC2)C[C@H](OCCCCO)O1. The van der Waals surface area contributed by atoms with Gasteiger partial charge in [-0.25, -0.2) is 0 Å². The number of pyridine rings is 1. The van der Waals surface area contributed by atoms with Crippen LogP contribution < -0.4 is 5.32 Å². The summed E-state index contributed by atoms with van der Waals surface area (Å²) in [7, 11) is 0. The minimum atomic E-state index is -0.404. The highest BCUT2D eigenvalue weighted by molar-refractivity contribution is 6.02. The summed E-state index contributed by atoms with van der Waals surface area (Å²) in [5.41, 5.74) is 0.644. The van der Waals surface area contributed by atoms with E-state index in [2.05, 4.69) is 10.3 Å². The van der Waals surface area contributed by atoms with Crippen LogP contribution in [0.15, 0.2) is 36.4 Å². The summed E-state index contributed by atoms with van der Waals surface area (Å²) >= 11 is 0. The van der Waals surface area contributed by atoms with E-state index in [9.17, 15) is 4.79 Å². The molecule has 1 aromatic rings. The van der Waals surface area contributed by atoms with Gasteiger partial charge < -0.3 is 19.9 Å². The molecular weight excluding hydrogens is 332 g/mol. The van der Waals surface area contributed by atoms with Gasteiger partial charge >= 0.3 is 0 Å². The molecule has 0 bridgehead atoms.